The number of pyridine rings is 1. The Morgan fingerprint density at radius 1 is 1.04 bits per heavy atom. The predicted octanol–water partition coefficient (Wildman–Crippen LogP) is 2.60. The van der Waals surface area contributed by atoms with Crippen molar-refractivity contribution in [1.82, 2.24) is 15.6 Å². The Morgan fingerprint density at radius 3 is 2.60 bits per heavy atom. The molecular weight excluding hydrogens is 431 g/mol. The molecule has 2 N–H and O–H groups in total. The number of aliphatic imine (C=N–C) groups is 1. The van der Waals surface area contributed by atoms with E-state index in [1.807, 2.05) is 48.7 Å². The maximum Gasteiger partial charge on any atom is 0.213 e. The molecule has 0 spiro atoms. The summed E-state index contributed by atoms with van der Waals surface area (Å²) in [4.78, 5) is 8.68. The topological polar surface area (TPSA) is 67.8 Å². The summed E-state index contributed by atoms with van der Waals surface area (Å²) in [5.41, 5.74) is 1.08. The zero-order valence-corrected chi connectivity index (χ0v) is 16.3. The first-order valence-corrected chi connectivity index (χ1v) is 8.18. The van der Waals surface area contributed by atoms with Crippen LogP contribution in [-0.2, 0) is 6.54 Å². The molecule has 0 atom stereocenters. The minimum Gasteiger partial charge on any atom is -0.490 e. The standard InChI is InChI=1S/C18H22N4O2.HI/c1-2-5-16(6-3-1)23-11-12-24-17-8-7-15(13-21-17)14-22-18-19-9-4-10-20-18;/h1-3,5-8,13H,4,9-12,14H2,(H2,19,20,22);1H. The molecule has 1 aliphatic rings. The van der Waals surface area contributed by atoms with E-state index in [0.717, 1.165) is 36.8 Å². The number of hydrogen-bond acceptors (Lipinski definition) is 6. The van der Waals surface area contributed by atoms with Crippen LogP contribution in [0.4, 0.5) is 0 Å². The van der Waals surface area contributed by atoms with E-state index in [-0.39, 0.29) is 24.0 Å². The summed E-state index contributed by atoms with van der Waals surface area (Å²) in [6.07, 6.45) is 2.90. The molecule has 134 valence electrons. The molecule has 0 aliphatic carbocycles. The van der Waals surface area contributed by atoms with E-state index in [2.05, 4.69) is 20.6 Å². The maximum atomic E-state index is 5.58. The second kappa shape index (κ2) is 10.8. The second-order valence-corrected chi connectivity index (χ2v) is 5.38. The number of hydrogen-bond donors (Lipinski definition) is 2. The lowest BCUT2D eigenvalue weighted by Crippen LogP contribution is -2.40. The summed E-state index contributed by atoms with van der Waals surface area (Å²) in [7, 11) is 0. The molecule has 1 aliphatic heterocycles. The van der Waals surface area contributed by atoms with Gasteiger partial charge in [0.2, 0.25) is 5.88 Å². The number of halogens is 1. The molecule has 0 radical (unpaired) electrons. The fourth-order valence-corrected chi connectivity index (χ4v) is 2.26. The van der Waals surface area contributed by atoms with E-state index < -0.39 is 0 Å². The van der Waals surface area contributed by atoms with Crippen LogP contribution in [0.15, 0.2) is 53.7 Å². The summed E-state index contributed by atoms with van der Waals surface area (Å²) in [6, 6.07) is 13.6. The van der Waals surface area contributed by atoms with Crippen molar-refractivity contribution in [3.05, 3.63) is 54.2 Å². The number of rotatable bonds is 7. The quantitative estimate of drug-likeness (QED) is 0.498. The molecule has 0 amide bonds. The van der Waals surface area contributed by atoms with E-state index in [1.165, 1.54) is 0 Å². The van der Waals surface area contributed by atoms with Gasteiger partial charge >= 0.3 is 0 Å². The van der Waals surface area contributed by atoms with Gasteiger partial charge in [-0.3, -0.25) is 4.99 Å². The summed E-state index contributed by atoms with van der Waals surface area (Å²) >= 11 is 0. The van der Waals surface area contributed by atoms with E-state index in [9.17, 15) is 0 Å². The highest BCUT2D eigenvalue weighted by Crippen LogP contribution is 2.10. The van der Waals surface area contributed by atoms with E-state index in [4.69, 9.17) is 9.47 Å². The zero-order chi connectivity index (χ0) is 16.5. The molecule has 25 heavy (non-hydrogen) atoms. The Morgan fingerprint density at radius 2 is 1.88 bits per heavy atom. The van der Waals surface area contributed by atoms with Gasteiger partial charge in [0.25, 0.3) is 0 Å². The Balaban J connectivity index is 0.00000225. The Labute approximate surface area is 165 Å². The fraction of sp³-hybridized carbons (Fsp3) is 0.333. The lowest BCUT2D eigenvalue weighted by Gasteiger charge is -2.15. The fourth-order valence-electron chi connectivity index (χ4n) is 2.26. The minimum atomic E-state index is 0. The molecule has 3 rings (SSSR count). The number of para-hydroxylation sites is 1. The van der Waals surface area contributed by atoms with Crippen LogP contribution in [0.1, 0.15) is 12.0 Å². The SMILES string of the molecule is I.c1ccc(OCCOc2ccc(CNC3=NCCCN3)cn2)cc1. The van der Waals surface area contributed by atoms with Gasteiger partial charge in [-0.25, -0.2) is 4.98 Å². The minimum absolute atomic E-state index is 0. The summed E-state index contributed by atoms with van der Waals surface area (Å²) in [5.74, 6) is 2.30. The van der Waals surface area contributed by atoms with Gasteiger partial charge in [-0.05, 0) is 24.1 Å². The van der Waals surface area contributed by atoms with E-state index in [1.54, 1.807) is 0 Å². The first kappa shape index (κ1) is 19.3. The van der Waals surface area contributed by atoms with Crippen molar-refractivity contribution in [2.45, 2.75) is 13.0 Å². The number of nitrogens with zero attached hydrogens (tertiary/aromatic N) is 2. The van der Waals surface area contributed by atoms with Crippen LogP contribution in [0.25, 0.3) is 0 Å². The summed E-state index contributed by atoms with van der Waals surface area (Å²) in [5, 5.41) is 6.49. The molecule has 2 aromatic rings. The molecule has 6 nitrogen and oxygen atoms in total. The van der Waals surface area contributed by atoms with Gasteiger partial charge < -0.3 is 20.1 Å². The second-order valence-electron chi connectivity index (χ2n) is 5.38. The van der Waals surface area contributed by atoms with Gasteiger partial charge in [0.15, 0.2) is 5.96 Å². The monoisotopic (exact) mass is 454 g/mol. The van der Waals surface area contributed by atoms with Crippen molar-refractivity contribution in [3.8, 4) is 11.6 Å². The van der Waals surface area contributed by atoms with Crippen LogP contribution >= 0.6 is 24.0 Å². The highest BCUT2D eigenvalue weighted by atomic mass is 127. The first-order chi connectivity index (χ1) is 11.9. The molecule has 1 aromatic heterocycles. The average molecular weight is 454 g/mol. The number of guanidine groups is 1. The summed E-state index contributed by atoms with van der Waals surface area (Å²) in [6.45, 7) is 3.49. The van der Waals surface area contributed by atoms with Crippen LogP contribution in [0.3, 0.4) is 0 Å². The van der Waals surface area contributed by atoms with E-state index in [0.29, 0.717) is 25.6 Å². The lowest BCUT2D eigenvalue weighted by atomic mass is 10.3. The average Bonchev–Trinajstić information content (AvgIpc) is 2.66. The lowest BCUT2D eigenvalue weighted by molar-refractivity contribution is 0.212. The molecule has 0 fully saturated rings. The molecule has 0 saturated carbocycles. The molecule has 0 unspecified atom stereocenters. The van der Waals surface area contributed by atoms with Gasteiger partial charge in [0, 0.05) is 31.9 Å². The van der Waals surface area contributed by atoms with Gasteiger partial charge in [-0.2, -0.15) is 0 Å². The highest BCUT2D eigenvalue weighted by Gasteiger charge is 2.03. The number of ether oxygens (including phenoxy) is 2. The van der Waals surface area contributed by atoms with E-state index >= 15 is 0 Å². The molecule has 1 aromatic carbocycles. The third-order valence-corrected chi connectivity index (χ3v) is 3.50. The van der Waals surface area contributed by atoms with Crippen molar-refractivity contribution in [1.29, 1.82) is 0 Å². The van der Waals surface area contributed by atoms with Crippen LogP contribution < -0.4 is 20.1 Å². The van der Waals surface area contributed by atoms with Crippen LogP contribution in [0, 0.1) is 0 Å². The van der Waals surface area contributed by atoms with Crippen molar-refractivity contribution in [2.24, 2.45) is 4.99 Å². The van der Waals surface area contributed by atoms with Crippen molar-refractivity contribution in [2.75, 3.05) is 26.3 Å². The predicted molar refractivity (Wildman–Crippen MR) is 109 cm³/mol. The van der Waals surface area contributed by atoms with Gasteiger partial charge in [-0.15, -0.1) is 24.0 Å². The van der Waals surface area contributed by atoms with Crippen LogP contribution in [0.5, 0.6) is 11.6 Å². The normalized spacial score (nSPS) is 13.0. The van der Waals surface area contributed by atoms with Gasteiger partial charge in [0.1, 0.15) is 19.0 Å². The third kappa shape index (κ3) is 6.77. The number of benzene rings is 1. The highest BCUT2D eigenvalue weighted by molar-refractivity contribution is 14.0. The summed E-state index contributed by atoms with van der Waals surface area (Å²) < 4.78 is 11.2. The van der Waals surface area contributed by atoms with Crippen molar-refractivity contribution < 1.29 is 9.47 Å². The largest absolute Gasteiger partial charge is 0.490 e. The number of aromatic nitrogens is 1. The number of nitrogens with one attached hydrogen (secondary N) is 2. The van der Waals surface area contributed by atoms with Gasteiger partial charge in [-0.1, -0.05) is 24.3 Å². The molecule has 7 heteroatoms. The molecule has 2 heterocycles. The van der Waals surface area contributed by atoms with Crippen LogP contribution in [0.2, 0.25) is 0 Å². The van der Waals surface area contributed by atoms with Crippen molar-refractivity contribution in [3.63, 3.8) is 0 Å². The van der Waals surface area contributed by atoms with Crippen molar-refractivity contribution >= 4 is 29.9 Å². The third-order valence-electron chi connectivity index (χ3n) is 3.50. The molecular formula is C18H23IN4O2. The maximum absolute atomic E-state index is 5.58. The zero-order valence-electron chi connectivity index (χ0n) is 14.0. The van der Waals surface area contributed by atoms with Gasteiger partial charge in [0.05, 0.1) is 0 Å². The Hall–Kier alpha value is -2.03. The Kier molecular flexibility index (Phi) is 8.30. The van der Waals surface area contributed by atoms with Crippen LogP contribution in [-0.4, -0.2) is 37.2 Å². The molecule has 0 saturated heterocycles. The Bertz CT molecular complexity index is 650. The molecule has 0 bridgehead atoms. The smallest absolute Gasteiger partial charge is 0.213 e. The first-order valence-electron chi connectivity index (χ1n) is 8.18.